The molecule has 4 unspecified atom stereocenters. The van der Waals surface area contributed by atoms with Crippen molar-refractivity contribution in [3.05, 3.63) is 0 Å². The summed E-state index contributed by atoms with van der Waals surface area (Å²) in [5, 5.41) is 0. The number of rotatable bonds is 1. The molecule has 1 heterocycles. The summed E-state index contributed by atoms with van der Waals surface area (Å²) in [6, 6.07) is 0. The van der Waals surface area contributed by atoms with Crippen molar-refractivity contribution in [1.82, 2.24) is 0 Å². The first-order valence-electron chi connectivity index (χ1n) is 7.00. The second-order valence-electron chi connectivity index (χ2n) is 7.50. The summed E-state index contributed by atoms with van der Waals surface area (Å²) in [6.07, 6.45) is 6.25. The van der Waals surface area contributed by atoms with Gasteiger partial charge in [0.15, 0.2) is 0 Å². The minimum atomic E-state index is 0.701. The maximum atomic E-state index is 2.53. The molecule has 0 aromatic heterocycles. The minimum Gasteiger partial charge on any atom is -0.0708 e. The monoisotopic (exact) mass is 204 g/mol. The van der Waals surface area contributed by atoms with Gasteiger partial charge in [0.25, 0.3) is 0 Å². The largest absolute Gasteiger partial charge is 0.143 e. The van der Waals surface area contributed by atoms with E-state index in [1.54, 1.807) is 25.5 Å². The smallest absolute Gasteiger partial charge is 0.0708 e. The second kappa shape index (κ2) is 3.05. The van der Waals surface area contributed by atoms with Gasteiger partial charge in [0.1, 0.15) is 6.71 Å². The Bertz CT molecular complexity index is 269. The molecule has 4 fully saturated rings. The van der Waals surface area contributed by atoms with Crippen LogP contribution < -0.4 is 0 Å². The maximum absolute atomic E-state index is 2.53. The highest BCUT2D eigenvalue weighted by Gasteiger charge is 2.59. The molecule has 1 heteroatoms. The van der Waals surface area contributed by atoms with Crippen LogP contribution in [0.25, 0.3) is 0 Å². The first-order chi connectivity index (χ1) is 7.00. The van der Waals surface area contributed by atoms with E-state index in [0.717, 1.165) is 36.2 Å². The van der Waals surface area contributed by atoms with E-state index in [0.29, 0.717) is 5.41 Å². The molecule has 0 radical (unpaired) electrons. The third-order valence-corrected chi connectivity index (χ3v) is 6.38. The van der Waals surface area contributed by atoms with Crippen molar-refractivity contribution in [2.24, 2.45) is 29.1 Å². The highest BCUT2D eigenvalue weighted by Crippen LogP contribution is 2.67. The molecule has 4 atom stereocenters. The van der Waals surface area contributed by atoms with Gasteiger partial charge in [-0.05, 0) is 41.9 Å². The van der Waals surface area contributed by atoms with Gasteiger partial charge < -0.3 is 0 Å². The average Bonchev–Trinajstić information content (AvgIpc) is 2.59. The Balaban J connectivity index is 1.77. The topological polar surface area (TPSA) is 0 Å². The Labute approximate surface area is 95.3 Å². The van der Waals surface area contributed by atoms with Gasteiger partial charge in [-0.15, -0.1) is 0 Å². The van der Waals surface area contributed by atoms with Crippen LogP contribution in [0.1, 0.15) is 40.5 Å². The molecule has 0 nitrogen and oxygen atoms in total. The fourth-order valence-electron chi connectivity index (χ4n) is 5.06. The van der Waals surface area contributed by atoms with Crippen LogP contribution in [0.3, 0.4) is 0 Å². The zero-order chi connectivity index (χ0) is 10.8. The zero-order valence-corrected chi connectivity index (χ0v) is 10.8. The van der Waals surface area contributed by atoms with Crippen molar-refractivity contribution in [3.8, 4) is 0 Å². The quantitative estimate of drug-likeness (QED) is 0.561. The molecule has 3 saturated carbocycles. The van der Waals surface area contributed by atoms with Crippen LogP contribution in [0.15, 0.2) is 0 Å². The van der Waals surface area contributed by atoms with E-state index in [1.165, 1.54) is 0 Å². The first kappa shape index (κ1) is 10.2. The van der Waals surface area contributed by atoms with Crippen molar-refractivity contribution in [2.75, 3.05) is 0 Å². The van der Waals surface area contributed by atoms with Crippen LogP contribution >= 0.6 is 0 Å². The summed E-state index contributed by atoms with van der Waals surface area (Å²) < 4.78 is 0. The van der Waals surface area contributed by atoms with E-state index in [9.17, 15) is 0 Å². The molecule has 3 aliphatic carbocycles. The highest BCUT2D eigenvalue weighted by molar-refractivity contribution is 6.61. The fourth-order valence-corrected chi connectivity index (χ4v) is 5.06. The zero-order valence-electron chi connectivity index (χ0n) is 10.8. The fraction of sp³-hybridized carbons (Fsp3) is 1.00. The summed E-state index contributed by atoms with van der Waals surface area (Å²) in [6.45, 7) is 11.0. The Morgan fingerprint density at radius 3 is 2.47 bits per heavy atom. The standard InChI is InChI=1S/C14H25B/c1-9(2)15-7-10-5-11-6-13(12(10)8-15)14(11,3)4/h9-13H,5-8H2,1-4H3. The molecule has 0 amide bonds. The Morgan fingerprint density at radius 1 is 1.13 bits per heavy atom. The van der Waals surface area contributed by atoms with Gasteiger partial charge in [-0.3, -0.25) is 0 Å². The molecule has 2 bridgehead atoms. The normalized spacial score (nSPS) is 46.6. The van der Waals surface area contributed by atoms with E-state index >= 15 is 0 Å². The van der Waals surface area contributed by atoms with Crippen LogP contribution in [-0.4, -0.2) is 6.71 Å². The number of hydrogen-bond donors (Lipinski definition) is 0. The molecule has 4 aliphatic rings. The van der Waals surface area contributed by atoms with Crippen LogP contribution in [0.4, 0.5) is 0 Å². The molecule has 0 N–H and O–H groups in total. The van der Waals surface area contributed by atoms with Crippen molar-refractivity contribution in [3.63, 3.8) is 0 Å². The van der Waals surface area contributed by atoms with Crippen molar-refractivity contribution in [2.45, 2.75) is 59.0 Å². The predicted octanol–water partition coefficient (Wildman–Crippen LogP) is 4.20. The summed E-state index contributed by atoms with van der Waals surface area (Å²) in [7, 11) is 0. The maximum Gasteiger partial charge on any atom is 0.143 e. The van der Waals surface area contributed by atoms with E-state index < -0.39 is 0 Å². The summed E-state index contributed by atoms with van der Waals surface area (Å²) >= 11 is 0. The third kappa shape index (κ3) is 1.28. The lowest BCUT2D eigenvalue weighted by atomic mass is 9.39. The van der Waals surface area contributed by atoms with Crippen LogP contribution in [0, 0.1) is 29.1 Å². The van der Waals surface area contributed by atoms with Crippen molar-refractivity contribution >= 4 is 6.71 Å². The Hall–Kier alpha value is 0.0649. The first-order valence-corrected chi connectivity index (χ1v) is 7.00. The van der Waals surface area contributed by atoms with Gasteiger partial charge in [-0.25, -0.2) is 0 Å². The highest BCUT2D eigenvalue weighted by atomic mass is 14.6. The summed E-state index contributed by atoms with van der Waals surface area (Å²) in [5.41, 5.74) is 0.701. The van der Waals surface area contributed by atoms with Crippen molar-refractivity contribution in [1.29, 1.82) is 0 Å². The van der Waals surface area contributed by atoms with Gasteiger partial charge in [0.2, 0.25) is 0 Å². The molecule has 15 heavy (non-hydrogen) atoms. The predicted molar refractivity (Wildman–Crippen MR) is 67.4 cm³/mol. The Kier molecular flexibility index (Phi) is 2.08. The summed E-state index contributed by atoms with van der Waals surface area (Å²) in [5.74, 6) is 5.32. The lowest BCUT2D eigenvalue weighted by Gasteiger charge is -2.62. The number of hydrogen-bond acceptors (Lipinski definition) is 0. The van der Waals surface area contributed by atoms with E-state index in [4.69, 9.17) is 0 Å². The molecule has 0 aromatic rings. The third-order valence-electron chi connectivity index (χ3n) is 6.38. The SMILES string of the molecule is CC(C)B1CC2CC3CC(C2C1)C3(C)C. The molecule has 84 valence electrons. The van der Waals surface area contributed by atoms with Crippen LogP contribution in [-0.2, 0) is 0 Å². The van der Waals surface area contributed by atoms with Gasteiger partial charge in [-0.1, -0.05) is 46.2 Å². The summed E-state index contributed by atoms with van der Waals surface area (Å²) in [4.78, 5) is 0. The van der Waals surface area contributed by atoms with Gasteiger partial charge >= 0.3 is 0 Å². The van der Waals surface area contributed by atoms with E-state index in [1.807, 2.05) is 0 Å². The van der Waals surface area contributed by atoms with E-state index in [-0.39, 0.29) is 0 Å². The van der Waals surface area contributed by atoms with Gasteiger partial charge in [0.05, 0.1) is 0 Å². The van der Waals surface area contributed by atoms with E-state index in [2.05, 4.69) is 27.7 Å². The lowest BCUT2D eigenvalue weighted by Crippen LogP contribution is -2.54. The van der Waals surface area contributed by atoms with Gasteiger partial charge in [-0.2, -0.15) is 0 Å². The van der Waals surface area contributed by atoms with Gasteiger partial charge in [0, 0.05) is 0 Å². The molecular formula is C14H25B. The molecule has 4 rings (SSSR count). The average molecular weight is 204 g/mol. The Morgan fingerprint density at radius 2 is 1.87 bits per heavy atom. The second-order valence-corrected chi connectivity index (χ2v) is 7.50. The molecule has 1 aliphatic heterocycles. The van der Waals surface area contributed by atoms with Crippen molar-refractivity contribution < 1.29 is 0 Å². The van der Waals surface area contributed by atoms with Crippen LogP contribution in [0.2, 0.25) is 18.5 Å². The minimum absolute atomic E-state index is 0.701. The molecule has 0 spiro atoms. The molecule has 1 saturated heterocycles. The molecule has 0 aromatic carbocycles. The van der Waals surface area contributed by atoms with Crippen LogP contribution in [0.5, 0.6) is 0 Å². The molecular weight excluding hydrogens is 179 g/mol. The lowest BCUT2D eigenvalue weighted by molar-refractivity contribution is -0.120.